The average Bonchev–Trinajstić information content (AvgIpc) is 3.21. The van der Waals surface area contributed by atoms with Crippen LogP contribution in [0.4, 0.5) is 5.69 Å². The lowest BCUT2D eigenvalue weighted by Gasteiger charge is -2.08. The third kappa shape index (κ3) is 3.05. The normalized spacial score (nSPS) is 14.5. The second-order valence-corrected chi connectivity index (χ2v) is 6.13. The first-order valence-electron chi connectivity index (χ1n) is 6.39. The van der Waals surface area contributed by atoms with E-state index < -0.39 is 0 Å². The lowest BCUT2D eigenvalue weighted by atomic mass is 10.1. The van der Waals surface area contributed by atoms with Gasteiger partial charge in [-0.2, -0.15) is 0 Å². The maximum atomic E-state index is 3.48. The first kappa shape index (κ1) is 12.0. The van der Waals surface area contributed by atoms with Gasteiger partial charge >= 0.3 is 0 Å². The molecule has 2 aromatic rings. The smallest absolute Gasteiger partial charge is 0.0400 e. The molecule has 18 heavy (non-hydrogen) atoms. The fraction of sp³-hybridized carbons (Fsp3) is 0.250. The molecule has 1 fully saturated rings. The first-order chi connectivity index (χ1) is 8.81. The van der Waals surface area contributed by atoms with Crippen molar-refractivity contribution in [3.63, 3.8) is 0 Å². The summed E-state index contributed by atoms with van der Waals surface area (Å²) in [5.74, 6) is 0.836. The summed E-state index contributed by atoms with van der Waals surface area (Å²) in [6, 6.07) is 17.5. The van der Waals surface area contributed by atoms with Gasteiger partial charge in [0.15, 0.2) is 0 Å². The van der Waals surface area contributed by atoms with Gasteiger partial charge in [0.2, 0.25) is 0 Å². The molecular formula is C16H16IN. The number of hydrogen-bond acceptors (Lipinski definition) is 1. The van der Waals surface area contributed by atoms with Gasteiger partial charge in [0.25, 0.3) is 0 Å². The number of benzene rings is 2. The van der Waals surface area contributed by atoms with Gasteiger partial charge in [-0.3, -0.25) is 0 Å². The lowest BCUT2D eigenvalue weighted by molar-refractivity contribution is 1.08. The second-order valence-electron chi connectivity index (χ2n) is 4.88. The molecule has 1 nitrogen and oxygen atoms in total. The Morgan fingerprint density at radius 2 is 1.89 bits per heavy atom. The summed E-state index contributed by atoms with van der Waals surface area (Å²) in [7, 11) is 0. The summed E-state index contributed by atoms with van der Waals surface area (Å²) in [6.45, 7) is 0.903. The highest BCUT2D eigenvalue weighted by molar-refractivity contribution is 14.1. The molecule has 0 radical (unpaired) electrons. The Bertz CT molecular complexity index is 546. The molecule has 0 heterocycles. The number of nitrogens with one attached hydrogen (secondary N) is 1. The Kier molecular flexibility index (Phi) is 3.55. The fourth-order valence-electron chi connectivity index (χ4n) is 2.18. The molecule has 1 N–H and O–H groups in total. The maximum Gasteiger partial charge on any atom is 0.0400 e. The van der Waals surface area contributed by atoms with Crippen molar-refractivity contribution in [3.05, 3.63) is 63.2 Å². The Morgan fingerprint density at radius 3 is 2.67 bits per heavy atom. The molecule has 92 valence electrons. The Balaban J connectivity index is 1.67. The third-order valence-corrected chi connectivity index (χ3v) is 3.99. The van der Waals surface area contributed by atoms with Crippen LogP contribution < -0.4 is 5.32 Å². The largest absolute Gasteiger partial charge is 0.381 e. The van der Waals surface area contributed by atoms with Gasteiger partial charge in [0, 0.05) is 15.8 Å². The molecule has 0 spiro atoms. The van der Waals surface area contributed by atoms with Crippen molar-refractivity contribution in [1.29, 1.82) is 0 Å². The molecule has 0 bridgehead atoms. The van der Waals surface area contributed by atoms with E-state index in [9.17, 15) is 0 Å². The zero-order chi connectivity index (χ0) is 12.4. The van der Waals surface area contributed by atoms with E-state index >= 15 is 0 Å². The van der Waals surface area contributed by atoms with Crippen molar-refractivity contribution < 1.29 is 0 Å². The molecule has 2 aromatic carbocycles. The number of rotatable bonds is 4. The zero-order valence-corrected chi connectivity index (χ0v) is 12.4. The van der Waals surface area contributed by atoms with Gasteiger partial charge in [-0.05, 0) is 70.7 Å². The molecule has 3 rings (SSSR count). The summed E-state index contributed by atoms with van der Waals surface area (Å²) < 4.78 is 1.27. The molecule has 0 amide bonds. The van der Waals surface area contributed by atoms with Crippen LogP contribution in [0, 0.1) is 3.57 Å². The minimum atomic E-state index is 0.836. The number of hydrogen-bond donors (Lipinski definition) is 1. The van der Waals surface area contributed by atoms with E-state index in [-0.39, 0.29) is 0 Å². The lowest BCUT2D eigenvalue weighted by Crippen LogP contribution is -1.99. The summed E-state index contributed by atoms with van der Waals surface area (Å²) in [4.78, 5) is 0. The first-order valence-corrected chi connectivity index (χ1v) is 7.47. The van der Waals surface area contributed by atoms with Crippen LogP contribution in [0.15, 0.2) is 48.5 Å². The predicted octanol–water partition coefficient (Wildman–Crippen LogP) is 4.78. The van der Waals surface area contributed by atoms with Crippen LogP contribution in [0.3, 0.4) is 0 Å². The van der Waals surface area contributed by atoms with Gasteiger partial charge in [0.1, 0.15) is 0 Å². The van der Waals surface area contributed by atoms with E-state index in [4.69, 9.17) is 0 Å². The zero-order valence-electron chi connectivity index (χ0n) is 10.2. The van der Waals surface area contributed by atoms with Crippen LogP contribution in [0.1, 0.15) is 29.9 Å². The van der Waals surface area contributed by atoms with E-state index in [0.29, 0.717) is 0 Å². The minimum Gasteiger partial charge on any atom is -0.381 e. The van der Waals surface area contributed by atoms with Gasteiger partial charge in [-0.1, -0.05) is 30.3 Å². The molecule has 2 heteroatoms. The van der Waals surface area contributed by atoms with E-state index in [0.717, 1.165) is 12.5 Å². The predicted molar refractivity (Wildman–Crippen MR) is 84.9 cm³/mol. The summed E-state index contributed by atoms with van der Waals surface area (Å²) >= 11 is 2.34. The molecule has 0 unspecified atom stereocenters. The van der Waals surface area contributed by atoms with Crippen molar-refractivity contribution in [1.82, 2.24) is 0 Å². The van der Waals surface area contributed by atoms with Gasteiger partial charge < -0.3 is 5.32 Å². The molecule has 0 atom stereocenters. The summed E-state index contributed by atoms with van der Waals surface area (Å²) in [5, 5.41) is 3.48. The van der Waals surface area contributed by atoms with E-state index in [1.165, 1.54) is 33.2 Å². The fourth-order valence-corrected chi connectivity index (χ4v) is 2.72. The SMILES string of the molecule is Ic1cccc(NCc2cccc(C3CC3)c2)c1. The van der Waals surface area contributed by atoms with Gasteiger partial charge in [0.05, 0.1) is 0 Å². The quantitative estimate of drug-likeness (QED) is 0.784. The topological polar surface area (TPSA) is 12.0 Å². The van der Waals surface area contributed by atoms with Crippen LogP contribution in [-0.2, 0) is 6.54 Å². The number of halogens is 1. The molecule has 0 aromatic heterocycles. The summed E-state index contributed by atoms with van der Waals surface area (Å²) in [5.41, 5.74) is 4.08. The molecular weight excluding hydrogens is 333 g/mol. The van der Waals surface area contributed by atoms with Crippen LogP contribution in [0.25, 0.3) is 0 Å². The van der Waals surface area contributed by atoms with Crippen molar-refractivity contribution in [2.45, 2.75) is 25.3 Å². The second kappa shape index (κ2) is 5.31. The summed E-state index contributed by atoms with van der Waals surface area (Å²) in [6.07, 6.45) is 2.74. The van der Waals surface area contributed by atoms with Crippen LogP contribution in [0.5, 0.6) is 0 Å². The van der Waals surface area contributed by atoms with Crippen molar-refractivity contribution in [3.8, 4) is 0 Å². The van der Waals surface area contributed by atoms with Crippen molar-refractivity contribution in [2.75, 3.05) is 5.32 Å². The van der Waals surface area contributed by atoms with E-state index in [1.54, 1.807) is 0 Å². The Morgan fingerprint density at radius 1 is 1.06 bits per heavy atom. The maximum absolute atomic E-state index is 3.48. The van der Waals surface area contributed by atoms with Crippen molar-refractivity contribution in [2.24, 2.45) is 0 Å². The standard InChI is InChI=1S/C16H16IN/c17-15-5-2-6-16(10-15)18-11-12-3-1-4-14(9-12)13-7-8-13/h1-6,9-10,13,18H,7-8,11H2. The molecule has 1 aliphatic carbocycles. The molecule has 0 saturated heterocycles. The van der Waals surface area contributed by atoms with Crippen LogP contribution >= 0.6 is 22.6 Å². The Hall–Kier alpha value is -1.03. The third-order valence-electron chi connectivity index (χ3n) is 3.32. The highest BCUT2D eigenvalue weighted by Crippen LogP contribution is 2.40. The van der Waals surface area contributed by atoms with Gasteiger partial charge in [-0.15, -0.1) is 0 Å². The number of anilines is 1. The van der Waals surface area contributed by atoms with E-state index in [2.05, 4.69) is 76.4 Å². The van der Waals surface area contributed by atoms with Crippen LogP contribution in [-0.4, -0.2) is 0 Å². The minimum absolute atomic E-state index is 0.836. The van der Waals surface area contributed by atoms with E-state index in [1.807, 2.05) is 0 Å². The Labute approximate surface area is 122 Å². The monoisotopic (exact) mass is 349 g/mol. The molecule has 0 aliphatic heterocycles. The average molecular weight is 349 g/mol. The highest BCUT2D eigenvalue weighted by atomic mass is 127. The molecule has 1 aliphatic rings. The molecule has 1 saturated carbocycles. The highest BCUT2D eigenvalue weighted by Gasteiger charge is 2.23. The van der Waals surface area contributed by atoms with Gasteiger partial charge in [-0.25, -0.2) is 0 Å². The van der Waals surface area contributed by atoms with Crippen LogP contribution in [0.2, 0.25) is 0 Å². The van der Waals surface area contributed by atoms with Crippen molar-refractivity contribution >= 4 is 28.3 Å².